The van der Waals surface area contributed by atoms with Crippen LogP contribution in [0.2, 0.25) is 0 Å². The van der Waals surface area contributed by atoms with Crippen molar-refractivity contribution in [1.82, 2.24) is 20.2 Å². The molecule has 3 rings (SSSR count). The van der Waals surface area contributed by atoms with Crippen LogP contribution < -0.4 is 10.6 Å². The zero-order valence-electron chi connectivity index (χ0n) is 15.7. The Morgan fingerprint density at radius 2 is 1.85 bits per heavy atom. The summed E-state index contributed by atoms with van der Waals surface area (Å²) in [7, 11) is 1.81. The number of benzene rings is 2. The van der Waals surface area contributed by atoms with Gasteiger partial charge in [-0.2, -0.15) is 0 Å². The fourth-order valence-corrected chi connectivity index (χ4v) is 3.15. The van der Waals surface area contributed by atoms with Crippen LogP contribution >= 0.6 is 0 Å². The predicted molar refractivity (Wildman–Crippen MR) is 108 cm³/mol. The number of fused-ring (bicyclic) bond motifs is 1. The van der Waals surface area contributed by atoms with Gasteiger partial charge in [0.2, 0.25) is 0 Å². The van der Waals surface area contributed by atoms with Gasteiger partial charge in [-0.25, -0.2) is 4.98 Å². The van der Waals surface area contributed by atoms with Gasteiger partial charge in [0.15, 0.2) is 5.96 Å². The van der Waals surface area contributed by atoms with Gasteiger partial charge >= 0.3 is 0 Å². The largest absolute Gasteiger partial charge is 0.356 e. The van der Waals surface area contributed by atoms with Crippen molar-refractivity contribution in [2.24, 2.45) is 4.99 Å². The van der Waals surface area contributed by atoms with Crippen LogP contribution in [0.5, 0.6) is 0 Å². The van der Waals surface area contributed by atoms with Crippen LogP contribution in [0.1, 0.15) is 30.8 Å². The molecular weight excluding hydrogens is 322 g/mol. The lowest BCUT2D eigenvalue weighted by Gasteiger charge is -2.18. The summed E-state index contributed by atoms with van der Waals surface area (Å²) in [6.45, 7) is 6.00. The van der Waals surface area contributed by atoms with Gasteiger partial charge in [-0.05, 0) is 38.0 Å². The lowest BCUT2D eigenvalue weighted by Crippen LogP contribution is -2.39. The first-order valence-corrected chi connectivity index (χ1v) is 9.13. The minimum absolute atomic E-state index is 0.210. The van der Waals surface area contributed by atoms with Crippen molar-refractivity contribution in [3.8, 4) is 0 Å². The van der Waals surface area contributed by atoms with E-state index in [4.69, 9.17) is 0 Å². The molecule has 0 radical (unpaired) electrons. The number of aliphatic imine (C=N–C) groups is 1. The third kappa shape index (κ3) is 4.23. The molecule has 2 aromatic carbocycles. The van der Waals surface area contributed by atoms with Crippen molar-refractivity contribution >= 4 is 17.0 Å². The molecule has 0 spiro atoms. The Hall–Kier alpha value is -2.82. The Kier molecular flexibility index (Phi) is 5.89. The molecule has 0 amide bonds. The van der Waals surface area contributed by atoms with E-state index < -0.39 is 0 Å². The highest BCUT2D eigenvalue weighted by Gasteiger charge is 2.08. The molecular formula is C21H27N5. The number of imidazole rings is 1. The van der Waals surface area contributed by atoms with Crippen LogP contribution in [0, 0.1) is 6.92 Å². The number of guanidine groups is 1. The van der Waals surface area contributed by atoms with E-state index in [1.165, 1.54) is 11.1 Å². The van der Waals surface area contributed by atoms with Crippen LogP contribution in [0.3, 0.4) is 0 Å². The Labute approximate surface area is 155 Å². The summed E-state index contributed by atoms with van der Waals surface area (Å²) < 4.78 is 2.28. The highest BCUT2D eigenvalue weighted by molar-refractivity contribution is 5.80. The number of aryl methyl sites for hydroxylation is 2. The molecule has 0 aliphatic carbocycles. The first kappa shape index (κ1) is 18.0. The minimum atomic E-state index is 0.210. The van der Waals surface area contributed by atoms with E-state index in [1.54, 1.807) is 7.05 Å². The molecule has 1 aromatic heterocycles. The highest BCUT2D eigenvalue weighted by atomic mass is 15.2. The molecule has 26 heavy (non-hydrogen) atoms. The smallest absolute Gasteiger partial charge is 0.191 e. The number of hydrogen-bond donors (Lipinski definition) is 2. The molecule has 0 aliphatic heterocycles. The molecule has 1 heterocycles. The highest BCUT2D eigenvalue weighted by Crippen LogP contribution is 2.15. The molecule has 0 bridgehead atoms. The molecule has 0 fully saturated rings. The number of nitrogens with one attached hydrogen (secondary N) is 2. The summed E-state index contributed by atoms with van der Waals surface area (Å²) in [5.74, 6) is 1.89. The fraction of sp³-hybridized carbons (Fsp3) is 0.333. The van der Waals surface area contributed by atoms with E-state index in [-0.39, 0.29) is 6.04 Å². The SMILES string of the molecule is CN=C(NCCCn1c(C)nc2ccccc21)NC(C)c1ccccc1. The maximum absolute atomic E-state index is 4.62. The second-order valence-electron chi connectivity index (χ2n) is 6.43. The van der Waals surface area contributed by atoms with Gasteiger partial charge in [-0.3, -0.25) is 4.99 Å². The molecule has 136 valence electrons. The number of hydrogen-bond acceptors (Lipinski definition) is 2. The van der Waals surface area contributed by atoms with E-state index in [1.807, 2.05) is 12.1 Å². The van der Waals surface area contributed by atoms with Gasteiger partial charge in [0.1, 0.15) is 5.82 Å². The van der Waals surface area contributed by atoms with Crippen LogP contribution in [0.4, 0.5) is 0 Å². The van der Waals surface area contributed by atoms with Crippen molar-refractivity contribution in [3.63, 3.8) is 0 Å². The molecule has 5 heteroatoms. The molecule has 0 saturated heterocycles. The van der Waals surface area contributed by atoms with Crippen molar-refractivity contribution in [3.05, 3.63) is 66.0 Å². The van der Waals surface area contributed by atoms with Crippen molar-refractivity contribution in [2.75, 3.05) is 13.6 Å². The summed E-state index contributed by atoms with van der Waals surface area (Å²) in [4.78, 5) is 8.95. The summed E-state index contributed by atoms with van der Waals surface area (Å²) in [5, 5.41) is 6.84. The van der Waals surface area contributed by atoms with E-state index >= 15 is 0 Å². The Morgan fingerprint density at radius 3 is 2.62 bits per heavy atom. The standard InChI is InChI=1S/C21H27N5/c1-16(18-10-5-4-6-11-18)24-21(22-3)23-14-9-15-26-17(2)25-19-12-7-8-13-20(19)26/h4-8,10-13,16H,9,14-15H2,1-3H3,(H2,22,23,24). The topological polar surface area (TPSA) is 54.2 Å². The Bertz CT molecular complexity index is 866. The van der Waals surface area contributed by atoms with Gasteiger partial charge in [0, 0.05) is 20.1 Å². The molecule has 2 N–H and O–H groups in total. The number of rotatable bonds is 6. The van der Waals surface area contributed by atoms with E-state index in [2.05, 4.69) is 81.5 Å². The molecule has 5 nitrogen and oxygen atoms in total. The van der Waals surface area contributed by atoms with Crippen LogP contribution in [-0.2, 0) is 6.54 Å². The molecule has 0 aliphatic rings. The first-order chi connectivity index (χ1) is 12.7. The average molecular weight is 349 g/mol. The van der Waals surface area contributed by atoms with Crippen LogP contribution in [-0.4, -0.2) is 29.1 Å². The van der Waals surface area contributed by atoms with Crippen molar-refractivity contribution in [2.45, 2.75) is 32.9 Å². The average Bonchev–Trinajstić information content (AvgIpc) is 3.00. The third-order valence-corrected chi connectivity index (χ3v) is 4.57. The summed E-state index contributed by atoms with van der Waals surface area (Å²) in [6.07, 6.45) is 1.00. The number of nitrogens with zero attached hydrogens (tertiary/aromatic N) is 3. The fourth-order valence-electron chi connectivity index (χ4n) is 3.15. The summed E-state index contributed by atoms with van der Waals surface area (Å²) in [5.41, 5.74) is 3.51. The zero-order valence-corrected chi connectivity index (χ0v) is 15.7. The molecule has 1 unspecified atom stereocenters. The molecule has 0 saturated carbocycles. The van der Waals surface area contributed by atoms with Gasteiger partial charge in [0.25, 0.3) is 0 Å². The Balaban J connectivity index is 1.51. The third-order valence-electron chi connectivity index (χ3n) is 4.57. The lowest BCUT2D eigenvalue weighted by atomic mass is 10.1. The predicted octanol–water partition coefficient (Wildman–Crippen LogP) is 3.66. The van der Waals surface area contributed by atoms with Crippen LogP contribution in [0.25, 0.3) is 11.0 Å². The van der Waals surface area contributed by atoms with Crippen molar-refractivity contribution < 1.29 is 0 Å². The molecule has 3 aromatic rings. The van der Waals surface area contributed by atoms with Gasteiger partial charge < -0.3 is 15.2 Å². The van der Waals surface area contributed by atoms with E-state index in [0.717, 1.165) is 36.8 Å². The Morgan fingerprint density at radius 1 is 1.12 bits per heavy atom. The zero-order chi connectivity index (χ0) is 18.4. The monoisotopic (exact) mass is 349 g/mol. The van der Waals surface area contributed by atoms with Gasteiger partial charge in [-0.1, -0.05) is 42.5 Å². The lowest BCUT2D eigenvalue weighted by molar-refractivity contribution is 0.615. The number of aromatic nitrogens is 2. The summed E-state index contributed by atoms with van der Waals surface area (Å²) >= 11 is 0. The minimum Gasteiger partial charge on any atom is -0.356 e. The second kappa shape index (κ2) is 8.52. The van der Waals surface area contributed by atoms with E-state index in [9.17, 15) is 0 Å². The maximum Gasteiger partial charge on any atom is 0.191 e. The van der Waals surface area contributed by atoms with Crippen LogP contribution in [0.15, 0.2) is 59.6 Å². The van der Waals surface area contributed by atoms with E-state index in [0.29, 0.717) is 0 Å². The van der Waals surface area contributed by atoms with Gasteiger partial charge in [-0.15, -0.1) is 0 Å². The van der Waals surface area contributed by atoms with Gasteiger partial charge in [0.05, 0.1) is 17.1 Å². The maximum atomic E-state index is 4.62. The second-order valence-corrected chi connectivity index (χ2v) is 6.43. The quantitative estimate of drug-likeness (QED) is 0.406. The molecule has 1 atom stereocenters. The van der Waals surface area contributed by atoms with Crippen molar-refractivity contribution in [1.29, 1.82) is 0 Å². The summed E-state index contributed by atoms with van der Waals surface area (Å²) in [6, 6.07) is 18.9. The first-order valence-electron chi connectivity index (χ1n) is 9.13. The number of para-hydroxylation sites is 2. The normalized spacial score (nSPS) is 13.0.